The Kier molecular flexibility index (Phi) is 6.69. The summed E-state index contributed by atoms with van der Waals surface area (Å²) in [7, 11) is -11.0. The molecular formula is C8H14F4O5S2. The first-order valence-corrected chi connectivity index (χ1v) is 8.42. The smallest absolute Gasteiger partial charge is 0.381 e. The Bertz CT molecular complexity index is 468. The van der Waals surface area contributed by atoms with E-state index in [1.165, 1.54) is 0 Å². The molecule has 0 amide bonds. The molecule has 0 rings (SSSR count). The maximum atomic E-state index is 12.3. The second-order valence-electron chi connectivity index (χ2n) is 3.59. The van der Waals surface area contributed by atoms with Crippen LogP contribution >= 0.6 is 0 Å². The van der Waals surface area contributed by atoms with Gasteiger partial charge >= 0.3 is 5.51 Å². The third-order valence-electron chi connectivity index (χ3n) is 2.07. The lowest BCUT2D eigenvalue weighted by molar-refractivity contribution is -0.0440. The quantitative estimate of drug-likeness (QED) is 0.497. The zero-order valence-corrected chi connectivity index (χ0v) is 11.6. The second kappa shape index (κ2) is 6.84. The van der Waals surface area contributed by atoms with Gasteiger partial charge in [-0.3, -0.25) is 0 Å². The maximum absolute atomic E-state index is 12.3. The summed E-state index contributed by atoms with van der Waals surface area (Å²) in [5.74, 6) is 0. The fraction of sp³-hybridized carbons (Fsp3) is 1.00. The molecule has 0 aromatic rings. The van der Waals surface area contributed by atoms with Crippen LogP contribution in [0.2, 0.25) is 0 Å². The lowest BCUT2D eigenvalue weighted by Crippen LogP contribution is -2.40. The third-order valence-corrected chi connectivity index (χ3v) is 6.62. The number of alkyl halides is 4. The first-order chi connectivity index (χ1) is 8.50. The lowest BCUT2D eigenvalue weighted by Gasteiger charge is -2.18. The van der Waals surface area contributed by atoms with Crippen LogP contribution in [0, 0.1) is 0 Å². The molecule has 0 spiro atoms. The molecule has 0 aromatic heterocycles. The molecule has 0 bridgehead atoms. The highest BCUT2D eigenvalue weighted by Crippen LogP contribution is 2.31. The molecule has 0 aliphatic heterocycles. The minimum absolute atomic E-state index is 0.133. The van der Waals surface area contributed by atoms with Gasteiger partial charge in [-0.2, -0.15) is 13.2 Å². The molecule has 0 saturated heterocycles. The van der Waals surface area contributed by atoms with Gasteiger partial charge in [0, 0.05) is 19.6 Å². The summed E-state index contributed by atoms with van der Waals surface area (Å²) in [6.07, 6.45) is -0.444. The van der Waals surface area contributed by atoms with Gasteiger partial charge in [-0.05, 0) is 6.42 Å². The van der Waals surface area contributed by atoms with Crippen LogP contribution in [0.3, 0.4) is 0 Å². The molecule has 1 unspecified atom stereocenters. The monoisotopic (exact) mass is 330 g/mol. The van der Waals surface area contributed by atoms with Crippen molar-refractivity contribution in [3.05, 3.63) is 0 Å². The van der Waals surface area contributed by atoms with Gasteiger partial charge in [-0.15, -0.1) is 0 Å². The average molecular weight is 330 g/mol. The Morgan fingerprint density at radius 1 is 1.11 bits per heavy atom. The summed E-state index contributed by atoms with van der Waals surface area (Å²) in [6, 6.07) is -2.18. The predicted molar refractivity (Wildman–Crippen MR) is 59.4 cm³/mol. The first-order valence-electron chi connectivity index (χ1n) is 5.16. The SMILES string of the molecule is CCCOCCC(S(=O)(=O)CF)S(=O)(=O)C(F)(F)F. The molecule has 1 atom stereocenters. The van der Waals surface area contributed by atoms with Crippen LogP contribution in [0.15, 0.2) is 0 Å². The summed E-state index contributed by atoms with van der Waals surface area (Å²) in [4.78, 5) is 0. The highest BCUT2D eigenvalue weighted by molar-refractivity contribution is 8.09. The van der Waals surface area contributed by atoms with Gasteiger partial charge < -0.3 is 4.74 Å². The first kappa shape index (κ1) is 18.6. The zero-order valence-electron chi connectivity index (χ0n) is 9.98. The van der Waals surface area contributed by atoms with Crippen molar-refractivity contribution in [1.29, 1.82) is 0 Å². The molecule has 0 aliphatic rings. The van der Waals surface area contributed by atoms with E-state index < -0.39 is 48.8 Å². The van der Waals surface area contributed by atoms with E-state index in [9.17, 15) is 34.4 Å². The van der Waals surface area contributed by atoms with E-state index in [0.717, 1.165) is 0 Å². The van der Waals surface area contributed by atoms with E-state index in [4.69, 9.17) is 4.74 Å². The zero-order chi connectivity index (χ0) is 15.3. The number of hydrogen-bond acceptors (Lipinski definition) is 5. The van der Waals surface area contributed by atoms with Gasteiger partial charge in [0.15, 0.2) is 20.4 Å². The number of ether oxygens (including phenoxy) is 1. The number of halogens is 4. The van der Waals surface area contributed by atoms with E-state index in [1.54, 1.807) is 6.92 Å². The number of sulfone groups is 2. The van der Waals surface area contributed by atoms with Crippen LogP contribution in [-0.2, 0) is 24.4 Å². The topological polar surface area (TPSA) is 77.5 Å². The molecule has 11 heteroatoms. The van der Waals surface area contributed by atoms with Crippen molar-refractivity contribution in [3.8, 4) is 0 Å². The summed E-state index contributed by atoms with van der Waals surface area (Å²) < 4.78 is 95.5. The number of hydrogen-bond donors (Lipinski definition) is 0. The van der Waals surface area contributed by atoms with Gasteiger partial charge in [-0.25, -0.2) is 21.2 Å². The molecule has 0 radical (unpaired) electrons. The minimum Gasteiger partial charge on any atom is -0.381 e. The van der Waals surface area contributed by atoms with Gasteiger partial charge in [0.2, 0.25) is 0 Å². The van der Waals surface area contributed by atoms with Crippen molar-refractivity contribution in [3.63, 3.8) is 0 Å². The fourth-order valence-electron chi connectivity index (χ4n) is 1.17. The van der Waals surface area contributed by atoms with Crippen molar-refractivity contribution in [2.24, 2.45) is 0 Å². The van der Waals surface area contributed by atoms with Gasteiger partial charge in [0.05, 0.1) is 0 Å². The average Bonchev–Trinajstić information content (AvgIpc) is 2.26. The summed E-state index contributed by atoms with van der Waals surface area (Å²) in [5, 5.41) is 0. The standard InChI is InChI=1S/C8H14F4O5S2/c1-2-4-17-5-3-7(18(13,14)6-9)19(15,16)8(10,11)12/h7H,2-6H2,1H3. The van der Waals surface area contributed by atoms with Crippen molar-refractivity contribution < 1.29 is 39.1 Å². The third kappa shape index (κ3) is 4.88. The molecule has 19 heavy (non-hydrogen) atoms. The summed E-state index contributed by atoms with van der Waals surface area (Å²) in [6.45, 7) is 1.31. The van der Waals surface area contributed by atoms with Crippen molar-refractivity contribution >= 4 is 19.7 Å². The Hall–Kier alpha value is -0.420. The van der Waals surface area contributed by atoms with Gasteiger partial charge in [-0.1, -0.05) is 6.92 Å². The number of rotatable bonds is 8. The van der Waals surface area contributed by atoms with Crippen LogP contribution in [0.25, 0.3) is 0 Å². The maximum Gasteiger partial charge on any atom is 0.498 e. The predicted octanol–water partition coefficient (Wildman–Crippen LogP) is 1.41. The van der Waals surface area contributed by atoms with Crippen molar-refractivity contribution in [2.45, 2.75) is 29.9 Å². The summed E-state index contributed by atoms with van der Waals surface area (Å²) in [5.41, 5.74) is -5.76. The highest BCUT2D eigenvalue weighted by atomic mass is 32.3. The van der Waals surface area contributed by atoms with Crippen LogP contribution in [0.1, 0.15) is 19.8 Å². The molecule has 0 aliphatic carbocycles. The molecular weight excluding hydrogens is 316 g/mol. The molecule has 0 heterocycles. The van der Waals surface area contributed by atoms with E-state index in [0.29, 0.717) is 6.42 Å². The van der Waals surface area contributed by atoms with E-state index in [2.05, 4.69) is 0 Å². The van der Waals surface area contributed by atoms with Crippen LogP contribution < -0.4 is 0 Å². The van der Waals surface area contributed by atoms with Crippen LogP contribution in [-0.4, -0.2) is 46.1 Å². The largest absolute Gasteiger partial charge is 0.498 e. The second-order valence-corrected chi connectivity index (χ2v) is 8.13. The molecule has 0 saturated carbocycles. The Morgan fingerprint density at radius 3 is 2.00 bits per heavy atom. The van der Waals surface area contributed by atoms with E-state index in [1.807, 2.05) is 0 Å². The Labute approximate surface area is 108 Å². The van der Waals surface area contributed by atoms with Crippen molar-refractivity contribution in [1.82, 2.24) is 0 Å². The summed E-state index contributed by atoms with van der Waals surface area (Å²) >= 11 is 0. The van der Waals surface area contributed by atoms with Crippen LogP contribution in [0.5, 0.6) is 0 Å². The van der Waals surface area contributed by atoms with Crippen LogP contribution in [0.4, 0.5) is 17.6 Å². The normalized spacial score (nSPS) is 15.4. The molecule has 0 aromatic carbocycles. The lowest BCUT2D eigenvalue weighted by atomic mass is 10.5. The highest BCUT2D eigenvalue weighted by Gasteiger charge is 2.55. The molecule has 0 N–H and O–H groups in total. The molecule has 116 valence electrons. The van der Waals surface area contributed by atoms with Gasteiger partial charge in [0.25, 0.3) is 9.84 Å². The molecule has 0 fully saturated rings. The Morgan fingerprint density at radius 2 is 1.63 bits per heavy atom. The Balaban J connectivity index is 5.22. The minimum atomic E-state index is -6.00. The molecule has 5 nitrogen and oxygen atoms in total. The van der Waals surface area contributed by atoms with E-state index in [-0.39, 0.29) is 6.61 Å². The van der Waals surface area contributed by atoms with Crippen molar-refractivity contribution in [2.75, 3.05) is 19.2 Å². The van der Waals surface area contributed by atoms with E-state index >= 15 is 0 Å². The fourth-order valence-corrected chi connectivity index (χ4v) is 4.50. The van der Waals surface area contributed by atoms with Gasteiger partial charge in [0.1, 0.15) is 0 Å².